The highest BCUT2D eigenvalue weighted by Gasteiger charge is 2.33. The number of benzene rings is 2. The molecule has 0 fully saturated rings. The Labute approximate surface area is 128 Å². The second-order valence-electron chi connectivity index (χ2n) is 4.27. The van der Waals surface area contributed by atoms with Crippen molar-refractivity contribution in [3.05, 3.63) is 46.4 Å². The lowest BCUT2D eigenvalue weighted by Gasteiger charge is -2.15. The van der Waals surface area contributed by atoms with Crippen molar-refractivity contribution in [3.8, 4) is 5.75 Å². The van der Waals surface area contributed by atoms with Crippen LogP contribution >= 0.6 is 15.9 Å². The molecule has 0 saturated heterocycles. The van der Waals surface area contributed by atoms with Gasteiger partial charge in [0.2, 0.25) is 0 Å². The van der Waals surface area contributed by atoms with Crippen LogP contribution in [0, 0.1) is 0 Å². The van der Waals surface area contributed by atoms with Crippen LogP contribution in [0.5, 0.6) is 5.75 Å². The maximum Gasteiger partial charge on any atom is 0.418 e. The lowest BCUT2D eigenvalue weighted by atomic mass is 10.1. The van der Waals surface area contributed by atoms with Gasteiger partial charge < -0.3 is 15.8 Å². The Morgan fingerprint density at radius 3 is 2.48 bits per heavy atom. The molecule has 0 aliphatic heterocycles. The van der Waals surface area contributed by atoms with Crippen LogP contribution in [-0.4, -0.2) is 7.11 Å². The van der Waals surface area contributed by atoms with E-state index in [-0.39, 0.29) is 11.4 Å². The summed E-state index contributed by atoms with van der Waals surface area (Å²) >= 11 is 3.30. The number of rotatable bonds is 3. The Balaban J connectivity index is 2.39. The van der Waals surface area contributed by atoms with E-state index in [4.69, 9.17) is 10.5 Å². The fourth-order valence-corrected chi connectivity index (χ4v) is 2.17. The van der Waals surface area contributed by atoms with Crippen LogP contribution in [0.3, 0.4) is 0 Å². The molecular weight excluding hydrogens is 349 g/mol. The Hall–Kier alpha value is -1.89. The number of nitrogens with two attached hydrogens (primary N) is 1. The second kappa shape index (κ2) is 5.85. The molecule has 0 aromatic heterocycles. The zero-order valence-corrected chi connectivity index (χ0v) is 12.5. The maximum atomic E-state index is 12.8. The van der Waals surface area contributed by atoms with Gasteiger partial charge in [-0.3, -0.25) is 0 Å². The van der Waals surface area contributed by atoms with Crippen LogP contribution in [0.2, 0.25) is 0 Å². The Kier molecular flexibility index (Phi) is 4.32. The first-order valence-electron chi connectivity index (χ1n) is 5.88. The molecule has 2 rings (SSSR count). The van der Waals surface area contributed by atoms with Crippen molar-refractivity contribution >= 4 is 33.0 Å². The topological polar surface area (TPSA) is 47.3 Å². The van der Waals surface area contributed by atoms with Crippen molar-refractivity contribution < 1.29 is 17.9 Å². The molecule has 3 N–H and O–H groups in total. The van der Waals surface area contributed by atoms with Gasteiger partial charge in [0.1, 0.15) is 5.75 Å². The average Bonchev–Trinajstić information content (AvgIpc) is 2.40. The van der Waals surface area contributed by atoms with E-state index >= 15 is 0 Å². The second-order valence-corrected chi connectivity index (χ2v) is 5.19. The van der Waals surface area contributed by atoms with Gasteiger partial charge in [0, 0.05) is 15.8 Å². The van der Waals surface area contributed by atoms with Gasteiger partial charge in [0.15, 0.2) is 0 Å². The zero-order chi connectivity index (χ0) is 15.6. The molecule has 2 aromatic carbocycles. The first-order chi connectivity index (χ1) is 9.81. The van der Waals surface area contributed by atoms with Crippen molar-refractivity contribution in [2.24, 2.45) is 0 Å². The minimum atomic E-state index is -4.50. The summed E-state index contributed by atoms with van der Waals surface area (Å²) in [5.74, 6) is 0.517. The lowest BCUT2D eigenvalue weighted by molar-refractivity contribution is -0.136. The Morgan fingerprint density at radius 1 is 1.14 bits per heavy atom. The largest absolute Gasteiger partial charge is 0.495 e. The molecule has 0 aliphatic carbocycles. The molecule has 7 heteroatoms. The summed E-state index contributed by atoms with van der Waals surface area (Å²) in [5.41, 5.74) is 5.00. The molecule has 0 spiro atoms. The van der Waals surface area contributed by atoms with Gasteiger partial charge in [-0.1, -0.05) is 15.9 Å². The van der Waals surface area contributed by atoms with E-state index in [0.717, 1.165) is 10.5 Å². The van der Waals surface area contributed by atoms with Crippen LogP contribution in [0.1, 0.15) is 5.56 Å². The van der Waals surface area contributed by atoms with Crippen LogP contribution < -0.4 is 15.8 Å². The summed E-state index contributed by atoms with van der Waals surface area (Å²) in [6.45, 7) is 0. The van der Waals surface area contributed by atoms with E-state index in [0.29, 0.717) is 11.4 Å². The third-order valence-corrected chi connectivity index (χ3v) is 3.29. The highest BCUT2D eigenvalue weighted by molar-refractivity contribution is 9.10. The molecule has 0 radical (unpaired) electrons. The van der Waals surface area contributed by atoms with Crippen molar-refractivity contribution in [1.82, 2.24) is 0 Å². The minimum Gasteiger partial charge on any atom is -0.495 e. The van der Waals surface area contributed by atoms with E-state index in [1.807, 2.05) is 0 Å². The van der Waals surface area contributed by atoms with Gasteiger partial charge >= 0.3 is 6.18 Å². The Morgan fingerprint density at radius 2 is 1.86 bits per heavy atom. The van der Waals surface area contributed by atoms with E-state index in [2.05, 4.69) is 21.2 Å². The zero-order valence-electron chi connectivity index (χ0n) is 11.0. The number of methoxy groups -OCH3 is 1. The molecule has 0 amide bonds. The molecule has 112 valence electrons. The number of nitrogen functional groups attached to an aromatic ring is 1. The Bertz CT molecular complexity index is 659. The van der Waals surface area contributed by atoms with Crippen molar-refractivity contribution in [1.29, 1.82) is 0 Å². The van der Waals surface area contributed by atoms with E-state index in [1.54, 1.807) is 18.2 Å². The summed E-state index contributed by atoms with van der Waals surface area (Å²) < 4.78 is 44.5. The number of halogens is 4. The highest BCUT2D eigenvalue weighted by Crippen LogP contribution is 2.37. The molecule has 0 aliphatic rings. The summed E-state index contributed by atoms with van der Waals surface area (Å²) in [5, 5.41) is 2.89. The number of nitrogens with one attached hydrogen (secondary N) is 1. The molecule has 21 heavy (non-hydrogen) atoms. The van der Waals surface area contributed by atoms with Crippen molar-refractivity contribution in [3.63, 3.8) is 0 Å². The highest BCUT2D eigenvalue weighted by atomic mass is 79.9. The molecule has 3 nitrogen and oxygen atoms in total. The van der Waals surface area contributed by atoms with Gasteiger partial charge in [-0.25, -0.2) is 0 Å². The normalized spacial score (nSPS) is 11.3. The smallest absolute Gasteiger partial charge is 0.418 e. The van der Waals surface area contributed by atoms with Crippen molar-refractivity contribution in [2.45, 2.75) is 6.18 Å². The third-order valence-electron chi connectivity index (χ3n) is 2.80. The fourth-order valence-electron chi connectivity index (χ4n) is 1.81. The molecule has 0 unspecified atom stereocenters. The molecular formula is C14H12BrF3N2O. The molecule has 0 atom stereocenters. The van der Waals surface area contributed by atoms with Crippen LogP contribution in [0.15, 0.2) is 40.9 Å². The molecule has 0 saturated carbocycles. The van der Waals surface area contributed by atoms with Gasteiger partial charge in [-0.15, -0.1) is 0 Å². The van der Waals surface area contributed by atoms with Gasteiger partial charge in [-0.05, 0) is 36.4 Å². The van der Waals surface area contributed by atoms with E-state index in [9.17, 15) is 13.2 Å². The molecule has 2 aromatic rings. The lowest BCUT2D eigenvalue weighted by Crippen LogP contribution is -2.09. The fraction of sp³-hybridized carbons (Fsp3) is 0.143. The predicted octanol–water partition coefficient (Wildman–Crippen LogP) is 4.80. The number of alkyl halides is 3. The van der Waals surface area contributed by atoms with Crippen LogP contribution in [0.4, 0.5) is 30.2 Å². The van der Waals surface area contributed by atoms with E-state index in [1.165, 1.54) is 19.2 Å². The summed E-state index contributed by atoms with van der Waals surface area (Å²) in [6, 6.07) is 8.85. The average molecular weight is 361 g/mol. The van der Waals surface area contributed by atoms with Crippen LogP contribution in [-0.2, 0) is 6.18 Å². The summed E-state index contributed by atoms with van der Waals surface area (Å²) in [7, 11) is 1.48. The third kappa shape index (κ3) is 3.60. The molecule has 0 bridgehead atoms. The van der Waals surface area contributed by atoms with E-state index < -0.39 is 11.7 Å². The summed E-state index contributed by atoms with van der Waals surface area (Å²) in [6.07, 6.45) is -4.50. The molecule has 0 heterocycles. The predicted molar refractivity (Wildman–Crippen MR) is 79.8 cm³/mol. The SMILES string of the molecule is COc1ccc(Br)cc1Nc1ccc(N)c(C(F)(F)F)c1. The maximum absolute atomic E-state index is 12.8. The number of hydrogen-bond donors (Lipinski definition) is 2. The quantitative estimate of drug-likeness (QED) is 0.772. The first kappa shape index (κ1) is 15.5. The van der Waals surface area contributed by atoms with Gasteiger partial charge in [-0.2, -0.15) is 13.2 Å². The van der Waals surface area contributed by atoms with Crippen LogP contribution in [0.25, 0.3) is 0 Å². The number of ether oxygens (including phenoxy) is 1. The summed E-state index contributed by atoms with van der Waals surface area (Å²) in [4.78, 5) is 0. The van der Waals surface area contributed by atoms with Gasteiger partial charge in [0.05, 0.1) is 18.4 Å². The first-order valence-corrected chi connectivity index (χ1v) is 6.68. The van der Waals surface area contributed by atoms with Crippen molar-refractivity contribution in [2.75, 3.05) is 18.2 Å². The standard InChI is InChI=1S/C14H12BrF3N2O/c1-21-13-5-2-8(15)6-12(13)20-9-3-4-11(19)10(7-9)14(16,17)18/h2-7,20H,19H2,1H3. The number of anilines is 3. The van der Waals surface area contributed by atoms with Gasteiger partial charge in [0.25, 0.3) is 0 Å². The number of hydrogen-bond acceptors (Lipinski definition) is 3. The monoisotopic (exact) mass is 360 g/mol. The minimum absolute atomic E-state index is 0.271.